The molecule has 0 aromatic carbocycles. The first-order chi connectivity index (χ1) is 29.0. The van der Waals surface area contributed by atoms with Crippen molar-refractivity contribution in [3.63, 3.8) is 0 Å². The van der Waals surface area contributed by atoms with Crippen LogP contribution in [-0.4, -0.2) is 46.9 Å². The molecule has 0 radical (unpaired) electrons. The standard InChI is InChI=1S/C53H97NO5/c1-4-7-10-13-16-19-22-24-25-26-27-29-30-32-35-38-41-44-49(59-53(58)46-43-40-37-34-31-28-23-20-17-14-11-8-5-2)47-52(57)54-50(48-55)51(56)45-42-39-36-33-21-18-15-12-9-6-3/h8,11,14,17,20,23,28,31,49-51,55-56H,4-7,9-10,12-13,15-16,18-19,21-22,24-27,29-30,32-48H2,1-3H3,(H,54,57)/b11-8+,17-14+,23-20-,31-28-. The Balaban J connectivity index is 4.61. The van der Waals surface area contributed by atoms with Gasteiger partial charge in [-0.15, -0.1) is 0 Å². The summed E-state index contributed by atoms with van der Waals surface area (Å²) < 4.78 is 5.91. The normalized spacial score (nSPS) is 13.6. The number of aliphatic hydroxyl groups excluding tert-OH is 2. The number of allylic oxidation sites excluding steroid dienone is 8. The maximum Gasteiger partial charge on any atom is 0.306 e. The Hall–Kier alpha value is -2.18. The number of carbonyl (C=O) groups excluding carboxylic acids is 2. The first kappa shape index (κ1) is 56.8. The highest BCUT2D eigenvalue weighted by molar-refractivity contribution is 5.77. The highest BCUT2D eigenvalue weighted by Gasteiger charge is 2.24. The van der Waals surface area contributed by atoms with Gasteiger partial charge >= 0.3 is 5.97 Å². The molecule has 6 heteroatoms. The lowest BCUT2D eigenvalue weighted by Gasteiger charge is -2.24. The Kier molecular flexibility index (Phi) is 45.1. The molecule has 0 aromatic heterocycles. The summed E-state index contributed by atoms with van der Waals surface area (Å²) in [4.78, 5) is 26.1. The second-order valence-electron chi connectivity index (χ2n) is 17.3. The molecule has 0 aromatic rings. The highest BCUT2D eigenvalue weighted by Crippen LogP contribution is 2.18. The molecular formula is C53H97NO5. The van der Waals surface area contributed by atoms with Crippen molar-refractivity contribution in [1.82, 2.24) is 5.32 Å². The molecule has 0 bridgehead atoms. The molecule has 0 aliphatic carbocycles. The summed E-state index contributed by atoms with van der Waals surface area (Å²) >= 11 is 0. The third-order valence-electron chi connectivity index (χ3n) is 11.5. The van der Waals surface area contributed by atoms with Crippen LogP contribution in [0.3, 0.4) is 0 Å². The Morgan fingerprint density at radius 2 is 0.915 bits per heavy atom. The van der Waals surface area contributed by atoms with Crippen molar-refractivity contribution >= 4 is 11.9 Å². The Bertz CT molecular complexity index is 1020. The predicted molar refractivity (Wildman–Crippen MR) is 255 cm³/mol. The SMILES string of the molecule is CC/C=C/C=C/C=C\C=C/CCCCCC(=O)OC(CCCCCCCCCCCCCCCCCCC)CC(=O)NC(CO)C(O)CCCCCCCCCCCC. The minimum atomic E-state index is -0.792. The number of unbranched alkanes of at least 4 members (excludes halogenated alkanes) is 28. The second kappa shape index (κ2) is 46.9. The van der Waals surface area contributed by atoms with Crippen LogP contribution in [0.2, 0.25) is 0 Å². The van der Waals surface area contributed by atoms with Crippen LogP contribution in [0, 0.1) is 0 Å². The molecule has 3 atom stereocenters. The zero-order valence-corrected chi connectivity index (χ0v) is 39.1. The third-order valence-corrected chi connectivity index (χ3v) is 11.5. The lowest BCUT2D eigenvalue weighted by molar-refractivity contribution is -0.151. The fourth-order valence-electron chi connectivity index (χ4n) is 7.68. The van der Waals surface area contributed by atoms with Gasteiger partial charge in [0.2, 0.25) is 5.91 Å². The molecule has 0 aliphatic heterocycles. The molecule has 6 nitrogen and oxygen atoms in total. The lowest BCUT2D eigenvalue weighted by Crippen LogP contribution is -2.46. The van der Waals surface area contributed by atoms with E-state index in [0.29, 0.717) is 19.3 Å². The van der Waals surface area contributed by atoms with Crippen LogP contribution >= 0.6 is 0 Å². The summed E-state index contributed by atoms with van der Waals surface area (Å²) in [6.07, 6.45) is 56.0. The van der Waals surface area contributed by atoms with Crippen LogP contribution in [-0.2, 0) is 14.3 Å². The molecule has 0 rings (SSSR count). The van der Waals surface area contributed by atoms with Crippen LogP contribution < -0.4 is 5.32 Å². The van der Waals surface area contributed by atoms with E-state index < -0.39 is 18.2 Å². The monoisotopic (exact) mass is 828 g/mol. The van der Waals surface area contributed by atoms with Gasteiger partial charge in [-0.2, -0.15) is 0 Å². The van der Waals surface area contributed by atoms with Gasteiger partial charge < -0.3 is 20.3 Å². The Morgan fingerprint density at radius 3 is 1.37 bits per heavy atom. The van der Waals surface area contributed by atoms with Gasteiger partial charge in [-0.05, 0) is 44.9 Å². The van der Waals surface area contributed by atoms with Crippen LogP contribution in [0.25, 0.3) is 0 Å². The largest absolute Gasteiger partial charge is 0.462 e. The number of ether oxygens (including phenoxy) is 1. The van der Waals surface area contributed by atoms with Crippen LogP contribution in [0.15, 0.2) is 48.6 Å². The molecule has 1 amide bonds. The zero-order valence-electron chi connectivity index (χ0n) is 39.1. The summed E-state index contributed by atoms with van der Waals surface area (Å²) in [5.74, 6) is -0.512. The summed E-state index contributed by atoms with van der Waals surface area (Å²) in [6.45, 7) is 6.33. The molecule has 0 heterocycles. The van der Waals surface area contributed by atoms with E-state index >= 15 is 0 Å². The van der Waals surface area contributed by atoms with Gasteiger partial charge in [0.15, 0.2) is 0 Å². The fourth-order valence-corrected chi connectivity index (χ4v) is 7.68. The van der Waals surface area contributed by atoms with Crippen LogP contribution in [0.4, 0.5) is 0 Å². The first-order valence-corrected chi connectivity index (χ1v) is 25.4. The Labute approximate surface area is 366 Å². The van der Waals surface area contributed by atoms with E-state index in [0.717, 1.165) is 64.2 Å². The number of amides is 1. The van der Waals surface area contributed by atoms with E-state index in [2.05, 4.69) is 50.4 Å². The smallest absolute Gasteiger partial charge is 0.306 e. The minimum Gasteiger partial charge on any atom is -0.462 e. The van der Waals surface area contributed by atoms with Crippen LogP contribution in [0.1, 0.15) is 252 Å². The van der Waals surface area contributed by atoms with Gasteiger partial charge in [0, 0.05) is 6.42 Å². The van der Waals surface area contributed by atoms with Crippen LogP contribution in [0.5, 0.6) is 0 Å². The summed E-state index contributed by atoms with van der Waals surface area (Å²) in [5.41, 5.74) is 0. The molecule has 0 saturated heterocycles. The second-order valence-corrected chi connectivity index (χ2v) is 17.3. The molecule has 0 saturated carbocycles. The molecule has 0 spiro atoms. The summed E-state index contributed by atoms with van der Waals surface area (Å²) in [7, 11) is 0. The van der Waals surface area contributed by atoms with Crippen molar-refractivity contribution in [3.05, 3.63) is 48.6 Å². The van der Waals surface area contributed by atoms with Gasteiger partial charge in [0.05, 0.1) is 25.2 Å². The minimum absolute atomic E-state index is 0.0640. The number of hydrogen-bond acceptors (Lipinski definition) is 5. The van der Waals surface area contributed by atoms with Crippen molar-refractivity contribution in [1.29, 1.82) is 0 Å². The molecule has 344 valence electrons. The number of hydrogen-bond donors (Lipinski definition) is 3. The molecule has 3 unspecified atom stereocenters. The Morgan fingerprint density at radius 1 is 0.508 bits per heavy atom. The van der Waals surface area contributed by atoms with Crippen molar-refractivity contribution in [2.45, 2.75) is 270 Å². The van der Waals surface area contributed by atoms with E-state index in [1.807, 2.05) is 24.3 Å². The van der Waals surface area contributed by atoms with E-state index in [-0.39, 0.29) is 24.9 Å². The van der Waals surface area contributed by atoms with E-state index in [4.69, 9.17) is 4.74 Å². The number of esters is 1. The maximum atomic E-state index is 13.2. The molecule has 3 N–H and O–H groups in total. The fraction of sp³-hybridized carbons (Fsp3) is 0.811. The topological polar surface area (TPSA) is 95.9 Å². The van der Waals surface area contributed by atoms with E-state index in [1.165, 1.54) is 141 Å². The average Bonchev–Trinajstić information content (AvgIpc) is 3.23. The van der Waals surface area contributed by atoms with Crippen molar-refractivity contribution in [2.24, 2.45) is 0 Å². The third kappa shape index (κ3) is 42.3. The highest BCUT2D eigenvalue weighted by atomic mass is 16.5. The molecular weight excluding hydrogens is 731 g/mol. The lowest BCUT2D eigenvalue weighted by atomic mass is 10.0. The molecule has 59 heavy (non-hydrogen) atoms. The quantitative estimate of drug-likeness (QED) is 0.0323. The molecule has 0 fully saturated rings. The maximum absolute atomic E-state index is 13.2. The summed E-state index contributed by atoms with van der Waals surface area (Å²) in [6, 6.07) is -0.707. The van der Waals surface area contributed by atoms with E-state index in [9.17, 15) is 19.8 Å². The zero-order chi connectivity index (χ0) is 43.1. The van der Waals surface area contributed by atoms with Gasteiger partial charge in [-0.1, -0.05) is 243 Å². The van der Waals surface area contributed by atoms with Gasteiger partial charge in [-0.25, -0.2) is 0 Å². The first-order valence-electron chi connectivity index (χ1n) is 25.4. The number of aliphatic hydroxyl groups is 2. The molecule has 0 aliphatic rings. The van der Waals surface area contributed by atoms with E-state index in [1.54, 1.807) is 0 Å². The number of carbonyl (C=O) groups is 2. The van der Waals surface area contributed by atoms with Crippen molar-refractivity contribution in [2.75, 3.05) is 6.61 Å². The number of nitrogens with one attached hydrogen (secondary N) is 1. The number of rotatable bonds is 45. The van der Waals surface area contributed by atoms with Crippen molar-refractivity contribution in [3.8, 4) is 0 Å². The van der Waals surface area contributed by atoms with Gasteiger partial charge in [0.25, 0.3) is 0 Å². The predicted octanol–water partition coefficient (Wildman–Crippen LogP) is 15.1. The van der Waals surface area contributed by atoms with Crippen molar-refractivity contribution < 1.29 is 24.5 Å². The van der Waals surface area contributed by atoms with Gasteiger partial charge in [-0.3, -0.25) is 9.59 Å². The average molecular weight is 828 g/mol. The van der Waals surface area contributed by atoms with Gasteiger partial charge in [0.1, 0.15) is 6.10 Å². The summed E-state index contributed by atoms with van der Waals surface area (Å²) in [5, 5.41) is 23.7.